The number of carbonyl (C=O) groups is 1. The van der Waals surface area contributed by atoms with Crippen molar-refractivity contribution in [2.45, 2.75) is 42.7 Å². The van der Waals surface area contributed by atoms with E-state index in [1.165, 1.54) is 22.3 Å². The van der Waals surface area contributed by atoms with E-state index in [0.29, 0.717) is 32.0 Å². The van der Waals surface area contributed by atoms with Crippen LogP contribution < -0.4 is 5.32 Å². The van der Waals surface area contributed by atoms with Gasteiger partial charge in [-0.2, -0.15) is 0 Å². The molecule has 4 aromatic rings. The Morgan fingerprint density at radius 1 is 1.22 bits per heavy atom. The average Bonchev–Trinajstić information content (AvgIpc) is 3.46. The molecule has 0 bridgehead atoms. The number of anilines is 1. The van der Waals surface area contributed by atoms with Gasteiger partial charge in [-0.3, -0.25) is 20.0 Å². The lowest BCUT2D eigenvalue weighted by molar-refractivity contribution is -0.387. The van der Waals surface area contributed by atoms with Crippen molar-refractivity contribution in [1.82, 2.24) is 15.2 Å². The van der Waals surface area contributed by atoms with E-state index in [1.807, 2.05) is 30.3 Å². The van der Waals surface area contributed by atoms with Crippen molar-refractivity contribution in [3.8, 4) is 0 Å². The summed E-state index contributed by atoms with van der Waals surface area (Å²) >= 11 is 2.64. The molecular formula is C25H22N6O3S2. The number of rotatable bonds is 7. The van der Waals surface area contributed by atoms with Gasteiger partial charge in [-0.05, 0) is 73.7 Å². The van der Waals surface area contributed by atoms with Crippen LogP contribution in [0.1, 0.15) is 45.0 Å². The Labute approximate surface area is 215 Å². The Morgan fingerprint density at radius 2 is 2.03 bits per heavy atom. The maximum absolute atomic E-state index is 13.3. The Bertz CT molecular complexity index is 1460. The molecule has 0 unspecified atom stereocenters. The summed E-state index contributed by atoms with van der Waals surface area (Å²) in [7, 11) is 0. The lowest BCUT2D eigenvalue weighted by atomic mass is 9.95. The van der Waals surface area contributed by atoms with Crippen LogP contribution in [0.4, 0.5) is 16.4 Å². The van der Waals surface area contributed by atoms with Crippen LogP contribution in [0.5, 0.6) is 0 Å². The molecule has 0 spiro atoms. The zero-order valence-electron chi connectivity index (χ0n) is 19.4. The molecule has 2 heterocycles. The molecule has 0 fully saturated rings. The Kier molecular flexibility index (Phi) is 6.92. The minimum atomic E-state index is -0.429. The van der Waals surface area contributed by atoms with Gasteiger partial charge in [-0.1, -0.05) is 24.3 Å². The Balaban J connectivity index is 1.45. The number of thiophene rings is 1. The van der Waals surface area contributed by atoms with Gasteiger partial charge in [0.1, 0.15) is 10.8 Å². The van der Waals surface area contributed by atoms with Crippen LogP contribution in [0.25, 0.3) is 0 Å². The van der Waals surface area contributed by atoms with E-state index in [0.717, 1.165) is 48.7 Å². The fourth-order valence-corrected chi connectivity index (χ4v) is 6.11. The van der Waals surface area contributed by atoms with Crippen LogP contribution in [0.2, 0.25) is 0 Å². The third kappa shape index (κ3) is 5.21. The van der Waals surface area contributed by atoms with Gasteiger partial charge in [0, 0.05) is 22.8 Å². The van der Waals surface area contributed by atoms with Crippen LogP contribution in [0.15, 0.2) is 63.6 Å². The van der Waals surface area contributed by atoms with E-state index < -0.39 is 4.92 Å². The first-order valence-electron chi connectivity index (χ1n) is 11.4. The third-order valence-corrected chi connectivity index (χ3v) is 7.83. The highest BCUT2D eigenvalue weighted by Gasteiger charge is 2.25. The molecule has 9 nitrogen and oxygen atoms in total. The first kappa shape index (κ1) is 23.9. The monoisotopic (exact) mass is 518 g/mol. The largest absolute Gasteiger partial charge is 0.322 e. The number of aryl methyl sites for hydroxylation is 2. The van der Waals surface area contributed by atoms with Crippen LogP contribution in [0, 0.1) is 17.0 Å². The predicted octanol–water partition coefficient (Wildman–Crippen LogP) is 6.12. The number of fused-ring (bicyclic) bond motifs is 1. The number of para-hydroxylation sites is 1. The molecule has 0 aliphatic heterocycles. The second-order valence-corrected chi connectivity index (χ2v) is 10.4. The lowest BCUT2D eigenvalue weighted by Gasteiger charge is -2.12. The highest BCUT2D eigenvalue weighted by Crippen LogP contribution is 2.40. The van der Waals surface area contributed by atoms with E-state index in [2.05, 4.69) is 25.5 Å². The molecule has 182 valence electrons. The lowest BCUT2D eigenvalue weighted by Crippen LogP contribution is -2.14. The number of amides is 1. The molecule has 0 saturated carbocycles. The number of carbonyl (C=O) groups excluding carboxylic acids is 1. The normalized spacial score (nSPS) is 13.0. The van der Waals surface area contributed by atoms with Crippen LogP contribution >= 0.6 is 23.1 Å². The van der Waals surface area contributed by atoms with E-state index >= 15 is 0 Å². The third-order valence-electron chi connectivity index (χ3n) is 5.70. The number of hydrogen-bond donors (Lipinski definition) is 2. The minimum absolute atomic E-state index is 0.0566. The van der Waals surface area contributed by atoms with Crippen molar-refractivity contribution in [3.63, 3.8) is 0 Å². The fourth-order valence-electron chi connectivity index (χ4n) is 4.03. The molecule has 2 N–H and O–H groups in total. The smallest absolute Gasteiger partial charge is 0.283 e. The first-order chi connectivity index (χ1) is 17.5. The molecular weight excluding hydrogens is 496 g/mol. The number of aliphatic imine (C=N–C) groups is 1. The second kappa shape index (κ2) is 10.4. The van der Waals surface area contributed by atoms with Gasteiger partial charge in [-0.15, -0.1) is 16.4 Å². The SMILES string of the molecule is Cc1nc(Sc2ccc(C=Nc3sc4c(c3C(=O)Nc3ccccc3)CCCC4)cc2[N+](=O)[O-])n[nH]1. The molecule has 1 amide bonds. The zero-order chi connectivity index (χ0) is 25.1. The van der Waals surface area contributed by atoms with E-state index in [1.54, 1.807) is 25.3 Å². The number of nitrogens with zero attached hydrogens (tertiary/aromatic N) is 4. The summed E-state index contributed by atoms with van der Waals surface area (Å²) < 4.78 is 0. The number of nitro benzene ring substituents is 1. The molecule has 0 radical (unpaired) electrons. The number of benzene rings is 2. The molecule has 36 heavy (non-hydrogen) atoms. The van der Waals surface area contributed by atoms with Crippen molar-refractivity contribution >= 4 is 51.6 Å². The molecule has 2 aromatic heterocycles. The fraction of sp³-hybridized carbons (Fsp3) is 0.200. The van der Waals surface area contributed by atoms with Crippen molar-refractivity contribution in [3.05, 3.63) is 86.0 Å². The Hall–Kier alpha value is -3.83. The molecule has 1 aliphatic carbocycles. The second-order valence-electron chi connectivity index (χ2n) is 8.26. The molecule has 0 saturated heterocycles. The number of nitrogens with one attached hydrogen (secondary N) is 2. The number of nitro groups is 1. The van der Waals surface area contributed by atoms with Crippen LogP contribution in [-0.4, -0.2) is 32.2 Å². The Morgan fingerprint density at radius 3 is 2.78 bits per heavy atom. The van der Waals surface area contributed by atoms with E-state index in [-0.39, 0.29) is 11.6 Å². The van der Waals surface area contributed by atoms with Gasteiger partial charge in [-0.25, -0.2) is 9.98 Å². The van der Waals surface area contributed by atoms with E-state index in [9.17, 15) is 14.9 Å². The van der Waals surface area contributed by atoms with Crippen molar-refractivity contribution in [2.24, 2.45) is 4.99 Å². The zero-order valence-corrected chi connectivity index (χ0v) is 21.0. The number of aromatic amines is 1. The maximum Gasteiger partial charge on any atom is 0.283 e. The highest BCUT2D eigenvalue weighted by atomic mass is 32.2. The minimum Gasteiger partial charge on any atom is -0.322 e. The summed E-state index contributed by atoms with van der Waals surface area (Å²) in [5, 5.41) is 22.5. The van der Waals surface area contributed by atoms with Gasteiger partial charge in [0.05, 0.1) is 15.4 Å². The van der Waals surface area contributed by atoms with Gasteiger partial charge in [0.15, 0.2) is 0 Å². The van der Waals surface area contributed by atoms with Gasteiger partial charge in [0.2, 0.25) is 5.16 Å². The standard InChI is InChI=1S/C25H22N6O3S2/c1-15-27-25(30-29-15)36-21-12-11-16(13-19(21)31(33)34)14-26-24-22(18-9-5-6-10-20(18)35-24)23(32)28-17-7-3-2-4-8-17/h2-4,7-8,11-14H,5-6,9-10H2,1H3,(H,28,32)(H,27,29,30). The summed E-state index contributed by atoms with van der Waals surface area (Å²) in [4.78, 5) is 35.0. The maximum atomic E-state index is 13.3. The summed E-state index contributed by atoms with van der Waals surface area (Å²) in [5.74, 6) is 0.446. The molecule has 2 aromatic carbocycles. The van der Waals surface area contributed by atoms with Gasteiger partial charge >= 0.3 is 0 Å². The topological polar surface area (TPSA) is 126 Å². The molecule has 11 heteroatoms. The van der Waals surface area contributed by atoms with E-state index in [4.69, 9.17) is 0 Å². The summed E-state index contributed by atoms with van der Waals surface area (Å²) in [6, 6.07) is 14.2. The van der Waals surface area contributed by atoms with Crippen LogP contribution in [-0.2, 0) is 12.8 Å². The average molecular weight is 519 g/mol. The summed E-state index contributed by atoms with van der Waals surface area (Å²) in [6.07, 6.45) is 5.48. The number of aromatic nitrogens is 3. The van der Waals surface area contributed by atoms with Crippen molar-refractivity contribution in [2.75, 3.05) is 5.32 Å². The summed E-state index contributed by atoms with van der Waals surface area (Å²) in [6.45, 7) is 1.77. The molecule has 1 aliphatic rings. The van der Waals surface area contributed by atoms with Gasteiger partial charge < -0.3 is 5.32 Å². The van der Waals surface area contributed by atoms with Crippen molar-refractivity contribution in [1.29, 1.82) is 0 Å². The number of H-pyrrole nitrogens is 1. The first-order valence-corrected chi connectivity index (χ1v) is 13.0. The quantitative estimate of drug-likeness (QED) is 0.173. The number of hydrogen-bond acceptors (Lipinski definition) is 8. The van der Waals surface area contributed by atoms with Crippen LogP contribution in [0.3, 0.4) is 0 Å². The van der Waals surface area contributed by atoms with Gasteiger partial charge in [0.25, 0.3) is 11.6 Å². The molecule has 0 atom stereocenters. The molecule has 5 rings (SSSR count). The van der Waals surface area contributed by atoms with Crippen molar-refractivity contribution < 1.29 is 9.72 Å². The highest BCUT2D eigenvalue weighted by molar-refractivity contribution is 7.99. The summed E-state index contributed by atoms with van der Waals surface area (Å²) in [5.41, 5.74) is 2.89. The predicted molar refractivity (Wildman–Crippen MR) is 141 cm³/mol.